The number of piperidine rings is 1. The predicted molar refractivity (Wildman–Crippen MR) is 113 cm³/mol. The lowest BCUT2D eigenvalue weighted by Crippen LogP contribution is -2.44. The summed E-state index contributed by atoms with van der Waals surface area (Å²) in [5.74, 6) is 0. The Morgan fingerprint density at radius 3 is 2.32 bits per heavy atom. The Bertz CT molecular complexity index is 996. The lowest BCUT2D eigenvalue weighted by atomic mass is 10.1. The standard InChI is InChI=1S/C21H23N3O2S2/c25-28(26,20-9-5-2-6-10-20)23-18-11-13-24(14-12-18)15-19-16-27-21(22-19)17-7-3-1-4-8-17/h1-10,16,18,23H,11-15H2. The van der Waals surface area contributed by atoms with Crippen molar-refractivity contribution in [3.8, 4) is 10.6 Å². The third kappa shape index (κ3) is 4.67. The first kappa shape index (κ1) is 19.3. The maximum atomic E-state index is 12.5. The van der Waals surface area contributed by atoms with E-state index in [9.17, 15) is 8.42 Å². The van der Waals surface area contributed by atoms with Gasteiger partial charge in [0.1, 0.15) is 5.01 Å². The van der Waals surface area contributed by atoms with Crippen LogP contribution in [0.5, 0.6) is 0 Å². The first-order chi connectivity index (χ1) is 13.6. The molecule has 3 aromatic rings. The molecule has 1 aromatic heterocycles. The molecule has 4 rings (SSSR count). The van der Waals surface area contributed by atoms with Gasteiger partial charge < -0.3 is 0 Å². The number of hydrogen-bond acceptors (Lipinski definition) is 5. The minimum absolute atomic E-state index is 0.0169. The molecule has 1 aliphatic rings. The Hall–Kier alpha value is -2.06. The van der Waals surface area contributed by atoms with Gasteiger partial charge in [-0.15, -0.1) is 11.3 Å². The topological polar surface area (TPSA) is 62.3 Å². The number of thiazole rings is 1. The van der Waals surface area contributed by atoms with Gasteiger partial charge in [-0.05, 0) is 25.0 Å². The molecule has 1 aliphatic heterocycles. The second kappa shape index (κ2) is 8.53. The first-order valence-electron chi connectivity index (χ1n) is 9.40. The zero-order chi connectivity index (χ0) is 19.4. The van der Waals surface area contributed by atoms with Gasteiger partial charge in [0.2, 0.25) is 10.0 Å². The zero-order valence-electron chi connectivity index (χ0n) is 15.5. The number of hydrogen-bond donors (Lipinski definition) is 1. The van der Waals surface area contributed by atoms with E-state index in [1.54, 1.807) is 35.6 Å². The Morgan fingerprint density at radius 1 is 1.00 bits per heavy atom. The fraction of sp³-hybridized carbons (Fsp3) is 0.286. The van der Waals surface area contributed by atoms with Crippen LogP contribution in [0.3, 0.4) is 0 Å². The summed E-state index contributed by atoms with van der Waals surface area (Å²) in [7, 11) is -3.44. The van der Waals surface area contributed by atoms with E-state index in [1.165, 1.54) is 0 Å². The summed E-state index contributed by atoms with van der Waals surface area (Å²) < 4.78 is 27.8. The van der Waals surface area contributed by atoms with Crippen LogP contribution in [0.25, 0.3) is 10.6 Å². The highest BCUT2D eigenvalue weighted by Gasteiger charge is 2.24. The molecule has 0 saturated carbocycles. The van der Waals surface area contributed by atoms with E-state index < -0.39 is 10.0 Å². The average molecular weight is 414 g/mol. The van der Waals surface area contributed by atoms with Crippen LogP contribution in [0.1, 0.15) is 18.5 Å². The molecule has 5 nitrogen and oxygen atoms in total. The number of likely N-dealkylation sites (tertiary alicyclic amines) is 1. The Labute approximate surface area is 170 Å². The van der Waals surface area contributed by atoms with Gasteiger partial charge in [-0.1, -0.05) is 48.5 Å². The van der Waals surface area contributed by atoms with Crippen LogP contribution in [0.15, 0.2) is 70.9 Å². The van der Waals surface area contributed by atoms with Crippen molar-refractivity contribution >= 4 is 21.4 Å². The SMILES string of the molecule is O=S(=O)(NC1CCN(Cc2csc(-c3ccccc3)n2)CC1)c1ccccc1. The second-order valence-electron chi connectivity index (χ2n) is 6.99. The van der Waals surface area contributed by atoms with E-state index in [0.29, 0.717) is 4.90 Å². The molecule has 0 bridgehead atoms. The maximum Gasteiger partial charge on any atom is 0.240 e. The highest BCUT2D eigenvalue weighted by atomic mass is 32.2. The van der Waals surface area contributed by atoms with Crippen LogP contribution in [0.2, 0.25) is 0 Å². The normalized spacial score (nSPS) is 16.3. The average Bonchev–Trinajstić information content (AvgIpc) is 3.19. The number of benzene rings is 2. The maximum absolute atomic E-state index is 12.5. The third-order valence-corrected chi connectivity index (χ3v) is 7.40. The van der Waals surface area contributed by atoms with Crippen LogP contribution < -0.4 is 4.72 Å². The molecule has 1 N–H and O–H groups in total. The lowest BCUT2D eigenvalue weighted by Gasteiger charge is -2.31. The quantitative estimate of drug-likeness (QED) is 0.668. The second-order valence-corrected chi connectivity index (χ2v) is 9.57. The molecular weight excluding hydrogens is 390 g/mol. The van der Waals surface area contributed by atoms with Crippen molar-refractivity contribution in [2.75, 3.05) is 13.1 Å². The van der Waals surface area contributed by atoms with Crippen molar-refractivity contribution in [3.63, 3.8) is 0 Å². The summed E-state index contributed by atoms with van der Waals surface area (Å²) in [5, 5.41) is 3.16. The molecule has 1 saturated heterocycles. The number of rotatable bonds is 6. The first-order valence-corrected chi connectivity index (χ1v) is 11.8. The van der Waals surface area contributed by atoms with E-state index in [2.05, 4.69) is 27.1 Å². The number of aromatic nitrogens is 1. The lowest BCUT2D eigenvalue weighted by molar-refractivity contribution is 0.198. The van der Waals surface area contributed by atoms with Crippen LogP contribution in [0, 0.1) is 0 Å². The van der Waals surface area contributed by atoms with Gasteiger partial charge in [-0.2, -0.15) is 0 Å². The van der Waals surface area contributed by atoms with Gasteiger partial charge in [0.05, 0.1) is 10.6 Å². The molecular formula is C21H23N3O2S2. The van der Waals surface area contributed by atoms with E-state index in [4.69, 9.17) is 4.98 Å². The molecule has 0 radical (unpaired) electrons. The molecule has 0 spiro atoms. The van der Waals surface area contributed by atoms with Crippen molar-refractivity contribution in [1.82, 2.24) is 14.6 Å². The molecule has 0 unspecified atom stereocenters. The smallest absolute Gasteiger partial charge is 0.240 e. The number of sulfonamides is 1. The van der Waals surface area contributed by atoms with Gasteiger partial charge >= 0.3 is 0 Å². The summed E-state index contributed by atoms with van der Waals surface area (Å²) in [4.78, 5) is 7.43. The Kier molecular flexibility index (Phi) is 5.87. The molecule has 0 aliphatic carbocycles. The highest BCUT2D eigenvalue weighted by Crippen LogP contribution is 2.24. The monoisotopic (exact) mass is 413 g/mol. The minimum Gasteiger partial charge on any atom is -0.297 e. The highest BCUT2D eigenvalue weighted by molar-refractivity contribution is 7.89. The number of nitrogens with zero attached hydrogens (tertiary/aromatic N) is 2. The summed E-state index contributed by atoms with van der Waals surface area (Å²) in [6.07, 6.45) is 1.61. The molecule has 28 heavy (non-hydrogen) atoms. The zero-order valence-corrected chi connectivity index (χ0v) is 17.1. The van der Waals surface area contributed by atoms with E-state index in [0.717, 1.165) is 48.7 Å². The van der Waals surface area contributed by atoms with Crippen LogP contribution in [-0.2, 0) is 16.6 Å². The fourth-order valence-electron chi connectivity index (χ4n) is 3.42. The number of nitrogens with one attached hydrogen (secondary N) is 1. The predicted octanol–water partition coefficient (Wildman–Crippen LogP) is 3.75. The third-order valence-electron chi connectivity index (χ3n) is 4.92. The van der Waals surface area contributed by atoms with Gasteiger partial charge in [0, 0.05) is 36.6 Å². The summed E-state index contributed by atoms with van der Waals surface area (Å²) in [6, 6.07) is 18.8. The van der Waals surface area contributed by atoms with Crippen LogP contribution >= 0.6 is 11.3 Å². The van der Waals surface area contributed by atoms with Crippen molar-refractivity contribution in [1.29, 1.82) is 0 Å². The van der Waals surface area contributed by atoms with Crippen molar-refractivity contribution < 1.29 is 8.42 Å². The minimum atomic E-state index is -3.44. The van der Waals surface area contributed by atoms with E-state index in [-0.39, 0.29) is 6.04 Å². The van der Waals surface area contributed by atoms with Gasteiger partial charge in [0.15, 0.2) is 0 Å². The van der Waals surface area contributed by atoms with Gasteiger partial charge in [0.25, 0.3) is 0 Å². The Balaban J connectivity index is 1.31. The molecule has 0 amide bonds. The molecule has 0 atom stereocenters. The van der Waals surface area contributed by atoms with E-state index >= 15 is 0 Å². The van der Waals surface area contributed by atoms with Crippen molar-refractivity contribution in [3.05, 3.63) is 71.7 Å². The fourth-order valence-corrected chi connectivity index (χ4v) is 5.56. The molecule has 7 heteroatoms. The van der Waals surface area contributed by atoms with E-state index in [1.807, 2.05) is 24.3 Å². The van der Waals surface area contributed by atoms with Gasteiger partial charge in [-0.25, -0.2) is 18.1 Å². The van der Waals surface area contributed by atoms with Crippen LogP contribution in [0.4, 0.5) is 0 Å². The molecule has 146 valence electrons. The molecule has 1 fully saturated rings. The summed E-state index contributed by atoms with van der Waals surface area (Å²) in [5.41, 5.74) is 2.22. The van der Waals surface area contributed by atoms with Crippen molar-refractivity contribution in [2.24, 2.45) is 0 Å². The van der Waals surface area contributed by atoms with Gasteiger partial charge in [-0.3, -0.25) is 4.90 Å². The largest absolute Gasteiger partial charge is 0.297 e. The summed E-state index contributed by atoms with van der Waals surface area (Å²) in [6.45, 7) is 2.53. The molecule has 2 aromatic carbocycles. The Morgan fingerprint density at radius 2 is 1.64 bits per heavy atom. The van der Waals surface area contributed by atoms with Crippen molar-refractivity contribution in [2.45, 2.75) is 30.3 Å². The molecule has 2 heterocycles. The summed E-state index contributed by atoms with van der Waals surface area (Å²) >= 11 is 1.67. The van der Waals surface area contributed by atoms with Crippen LogP contribution in [-0.4, -0.2) is 37.4 Å².